The summed E-state index contributed by atoms with van der Waals surface area (Å²) in [4.78, 5) is 19.6. The van der Waals surface area contributed by atoms with Crippen LogP contribution in [0.15, 0.2) is 52.7 Å². The quantitative estimate of drug-likeness (QED) is 0.518. The van der Waals surface area contributed by atoms with E-state index in [0.717, 1.165) is 33.1 Å². The van der Waals surface area contributed by atoms with E-state index in [2.05, 4.69) is 4.98 Å². The average Bonchev–Trinajstić information content (AvgIpc) is 3.40. The van der Waals surface area contributed by atoms with E-state index in [1.165, 1.54) is 4.31 Å². The van der Waals surface area contributed by atoms with Crippen molar-refractivity contribution >= 4 is 33.0 Å². The van der Waals surface area contributed by atoms with Crippen LogP contribution in [0.1, 0.15) is 30.0 Å². The van der Waals surface area contributed by atoms with E-state index in [-0.39, 0.29) is 5.91 Å². The highest BCUT2D eigenvalue weighted by Crippen LogP contribution is 2.32. The van der Waals surface area contributed by atoms with Crippen LogP contribution in [0.3, 0.4) is 0 Å². The molecule has 0 bridgehead atoms. The number of carbonyl (C=O) groups is 1. The standard InChI is InChI=1S/C24H27N3O3S2/c1-4-26(5-2)32(29,30)21-10-11-23-20(15-21)12-13-27(23)24(28)14-18-6-8-19(9-7-18)22-16-31-17(3)25-22/h6-11,15-16H,4-5,12-14H2,1-3H3. The molecule has 0 radical (unpaired) electrons. The molecule has 1 aliphatic heterocycles. The lowest BCUT2D eigenvalue weighted by atomic mass is 10.1. The Kier molecular flexibility index (Phi) is 6.46. The van der Waals surface area contributed by atoms with Gasteiger partial charge in [0.15, 0.2) is 0 Å². The molecule has 1 amide bonds. The third-order valence-corrected chi connectivity index (χ3v) is 8.63. The number of aromatic nitrogens is 1. The second-order valence-electron chi connectivity index (χ2n) is 7.80. The summed E-state index contributed by atoms with van der Waals surface area (Å²) >= 11 is 1.62. The predicted molar refractivity (Wildman–Crippen MR) is 129 cm³/mol. The monoisotopic (exact) mass is 469 g/mol. The number of benzene rings is 2. The van der Waals surface area contributed by atoms with Crippen LogP contribution in [0.4, 0.5) is 5.69 Å². The van der Waals surface area contributed by atoms with Crippen molar-refractivity contribution in [2.24, 2.45) is 0 Å². The van der Waals surface area contributed by atoms with Gasteiger partial charge in [0.1, 0.15) is 0 Å². The van der Waals surface area contributed by atoms with E-state index in [1.807, 2.05) is 50.4 Å². The smallest absolute Gasteiger partial charge is 0.243 e. The molecule has 4 rings (SSSR count). The number of fused-ring (bicyclic) bond motifs is 1. The fraction of sp³-hybridized carbons (Fsp3) is 0.333. The molecule has 1 aliphatic rings. The summed E-state index contributed by atoms with van der Waals surface area (Å²) in [7, 11) is -3.51. The molecule has 8 heteroatoms. The van der Waals surface area contributed by atoms with Gasteiger partial charge in [-0.3, -0.25) is 4.79 Å². The van der Waals surface area contributed by atoms with E-state index in [4.69, 9.17) is 0 Å². The molecule has 6 nitrogen and oxygen atoms in total. The highest BCUT2D eigenvalue weighted by atomic mass is 32.2. The SMILES string of the molecule is CCN(CC)S(=O)(=O)c1ccc2c(c1)CCN2C(=O)Cc1ccc(-c2csc(C)n2)cc1. The number of hydrogen-bond donors (Lipinski definition) is 0. The van der Waals surface area contributed by atoms with Crippen LogP contribution in [0, 0.1) is 6.92 Å². The number of hydrogen-bond acceptors (Lipinski definition) is 5. The molecule has 3 aromatic rings. The van der Waals surface area contributed by atoms with Crippen molar-refractivity contribution in [3.8, 4) is 11.3 Å². The summed E-state index contributed by atoms with van der Waals surface area (Å²) in [5.74, 6) is 0.0142. The van der Waals surface area contributed by atoms with Gasteiger partial charge in [0.2, 0.25) is 15.9 Å². The fourth-order valence-corrected chi connectivity index (χ4v) is 6.20. The number of anilines is 1. The minimum absolute atomic E-state index is 0.0142. The maximum absolute atomic E-state index is 13.0. The second kappa shape index (κ2) is 9.13. The molecule has 0 N–H and O–H groups in total. The first-order valence-corrected chi connectivity index (χ1v) is 13.1. The number of nitrogens with zero attached hydrogens (tertiary/aromatic N) is 3. The molecule has 2 aromatic carbocycles. The summed E-state index contributed by atoms with van der Waals surface area (Å²) in [6, 6.07) is 13.0. The molecule has 0 saturated heterocycles. The average molecular weight is 470 g/mol. The summed E-state index contributed by atoms with van der Waals surface area (Å²) in [6.45, 7) is 7.08. The molecule has 32 heavy (non-hydrogen) atoms. The number of sulfonamides is 1. The van der Waals surface area contributed by atoms with Gasteiger partial charge < -0.3 is 4.90 Å². The van der Waals surface area contributed by atoms with Crippen molar-refractivity contribution in [3.05, 3.63) is 64.0 Å². The normalized spacial score (nSPS) is 13.6. The van der Waals surface area contributed by atoms with Crippen molar-refractivity contribution < 1.29 is 13.2 Å². The Morgan fingerprint density at radius 2 is 1.84 bits per heavy atom. The Morgan fingerprint density at radius 1 is 1.12 bits per heavy atom. The van der Waals surface area contributed by atoms with Gasteiger partial charge in [-0.25, -0.2) is 13.4 Å². The van der Waals surface area contributed by atoms with E-state index in [0.29, 0.717) is 37.4 Å². The van der Waals surface area contributed by atoms with Gasteiger partial charge in [0.25, 0.3) is 0 Å². The van der Waals surface area contributed by atoms with Crippen molar-refractivity contribution in [1.29, 1.82) is 0 Å². The molecule has 168 valence electrons. The fourth-order valence-electron chi connectivity index (χ4n) is 4.07. The van der Waals surface area contributed by atoms with Gasteiger partial charge in [-0.05, 0) is 42.7 Å². The highest BCUT2D eigenvalue weighted by Gasteiger charge is 2.28. The number of rotatable bonds is 7. The van der Waals surface area contributed by atoms with Crippen LogP contribution in [-0.2, 0) is 27.7 Å². The summed E-state index contributed by atoms with van der Waals surface area (Å²) < 4.78 is 27.1. The van der Waals surface area contributed by atoms with Crippen LogP contribution in [0.25, 0.3) is 11.3 Å². The molecule has 0 aliphatic carbocycles. The third kappa shape index (κ3) is 4.35. The van der Waals surface area contributed by atoms with Gasteiger partial charge >= 0.3 is 0 Å². The van der Waals surface area contributed by atoms with Crippen molar-refractivity contribution in [2.45, 2.75) is 38.5 Å². The molecular weight excluding hydrogens is 442 g/mol. The largest absolute Gasteiger partial charge is 0.312 e. The Bertz CT molecular complexity index is 1230. The van der Waals surface area contributed by atoms with Gasteiger partial charge in [-0.2, -0.15) is 4.31 Å². The van der Waals surface area contributed by atoms with Gasteiger partial charge in [-0.1, -0.05) is 38.1 Å². The first-order valence-electron chi connectivity index (χ1n) is 10.8. The molecule has 2 heterocycles. The third-order valence-electron chi connectivity index (χ3n) is 5.81. The predicted octanol–water partition coefficient (Wildman–Crippen LogP) is 4.28. The molecule has 0 fully saturated rings. The molecule has 0 unspecified atom stereocenters. The maximum atomic E-state index is 13.0. The Balaban J connectivity index is 1.49. The maximum Gasteiger partial charge on any atom is 0.243 e. The van der Waals surface area contributed by atoms with Crippen molar-refractivity contribution in [3.63, 3.8) is 0 Å². The summed E-state index contributed by atoms with van der Waals surface area (Å²) in [6.07, 6.45) is 0.958. The topological polar surface area (TPSA) is 70.6 Å². The van der Waals surface area contributed by atoms with Crippen LogP contribution in [0.5, 0.6) is 0 Å². The molecular formula is C24H27N3O3S2. The number of aryl methyl sites for hydroxylation is 1. The Morgan fingerprint density at radius 3 is 2.47 bits per heavy atom. The van der Waals surface area contributed by atoms with E-state index < -0.39 is 10.0 Å². The Hall–Kier alpha value is -2.55. The van der Waals surface area contributed by atoms with E-state index >= 15 is 0 Å². The summed E-state index contributed by atoms with van der Waals surface area (Å²) in [5.41, 5.74) is 4.65. The van der Waals surface area contributed by atoms with Gasteiger partial charge in [0, 0.05) is 36.3 Å². The second-order valence-corrected chi connectivity index (χ2v) is 10.8. The van der Waals surface area contributed by atoms with E-state index in [1.54, 1.807) is 34.4 Å². The summed E-state index contributed by atoms with van der Waals surface area (Å²) in [5, 5.41) is 3.06. The minimum atomic E-state index is -3.51. The molecule has 0 atom stereocenters. The lowest BCUT2D eigenvalue weighted by molar-refractivity contribution is -0.117. The van der Waals surface area contributed by atoms with Crippen LogP contribution >= 0.6 is 11.3 Å². The molecule has 0 spiro atoms. The first kappa shape index (κ1) is 22.6. The van der Waals surface area contributed by atoms with Gasteiger partial charge in [0.05, 0.1) is 22.0 Å². The lowest BCUT2D eigenvalue weighted by Crippen LogP contribution is -2.31. The van der Waals surface area contributed by atoms with Gasteiger partial charge in [-0.15, -0.1) is 11.3 Å². The zero-order chi connectivity index (χ0) is 22.9. The zero-order valence-corrected chi connectivity index (χ0v) is 20.2. The van der Waals surface area contributed by atoms with Crippen LogP contribution < -0.4 is 4.90 Å². The zero-order valence-electron chi connectivity index (χ0n) is 18.5. The highest BCUT2D eigenvalue weighted by molar-refractivity contribution is 7.89. The Labute approximate surface area is 193 Å². The van der Waals surface area contributed by atoms with E-state index in [9.17, 15) is 13.2 Å². The van der Waals surface area contributed by atoms with Crippen molar-refractivity contribution in [2.75, 3.05) is 24.5 Å². The van der Waals surface area contributed by atoms with Crippen molar-refractivity contribution in [1.82, 2.24) is 9.29 Å². The minimum Gasteiger partial charge on any atom is -0.312 e. The molecule has 1 aromatic heterocycles. The number of thiazole rings is 1. The number of amides is 1. The first-order chi connectivity index (χ1) is 15.3. The van der Waals surface area contributed by atoms with Crippen LogP contribution in [-0.4, -0.2) is 43.2 Å². The lowest BCUT2D eigenvalue weighted by Gasteiger charge is -2.20. The van der Waals surface area contributed by atoms with Crippen LogP contribution in [0.2, 0.25) is 0 Å². The number of carbonyl (C=O) groups excluding carboxylic acids is 1. The molecule has 0 saturated carbocycles.